The molecule has 0 aromatic heterocycles. The number of ether oxygens (including phenoxy) is 1. The molecule has 1 heteroatoms. The zero-order chi connectivity index (χ0) is 21.5. The monoisotopic (exact) mass is 418 g/mol. The Morgan fingerprint density at radius 2 is 0.636 bits per heavy atom. The highest BCUT2D eigenvalue weighted by Gasteiger charge is 2.15. The summed E-state index contributed by atoms with van der Waals surface area (Å²) in [5.41, 5.74) is 0. The first-order valence-corrected chi connectivity index (χ1v) is 11.4. The summed E-state index contributed by atoms with van der Waals surface area (Å²) in [4.78, 5) is 0. The first kappa shape index (κ1) is 17.2. The van der Waals surface area contributed by atoms with E-state index in [-0.39, 0.29) is 0 Å². The lowest BCUT2D eigenvalue weighted by atomic mass is 9.93. The summed E-state index contributed by atoms with van der Waals surface area (Å²) in [5.74, 6) is 1.80. The van der Waals surface area contributed by atoms with Crippen molar-refractivity contribution in [1.82, 2.24) is 0 Å². The highest BCUT2D eigenvalue weighted by atomic mass is 16.5. The lowest BCUT2D eigenvalue weighted by Gasteiger charge is -2.17. The predicted molar refractivity (Wildman–Crippen MR) is 140 cm³/mol. The van der Waals surface area contributed by atoms with Crippen molar-refractivity contribution < 1.29 is 4.74 Å². The summed E-state index contributed by atoms with van der Waals surface area (Å²) >= 11 is 0. The van der Waals surface area contributed by atoms with Gasteiger partial charge >= 0.3 is 0 Å². The Hall–Kier alpha value is -4.36. The molecule has 0 atom stereocenters. The van der Waals surface area contributed by atoms with Gasteiger partial charge in [-0.1, -0.05) is 84.9 Å². The van der Waals surface area contributed by atoms with E-state index in [1.165, 1.54) is 53.9 Å². The van der Waals surface area contributed by atoms with Gasteiger partial charge < -0.3 is 4.74 Å². The van der Waals surface area contributed by atoms with Gasteiger partial charge in [-0.3, -0.25) is 0 Å². The minimum Gasteiger partial charge on any atom is -0.456 e. The zero-order valence-corrected chi connectivity index (χ0v) is 17.8. The van der Waals surface area contributed by atoms with Crippen LogP contribution in [-0.2, 0) is 0 Å². The van der Waals surface area contributed by atoms with Gasteiger partial charge in [0.25, 0.3) is 0 Å². The van der Waals surface area contributed by atoms with E-state index in [2.05, 4.69) is 109 Å². The van der Waals surface area contributed by atoms with Crippen LogP contribution in [0, 0.1) is 0 Å². The summed E-state index contributed by atoms with van der Waals surface area (Å²) in [6.45, 7) is 0. The van der Waals surface area contributed by atoms with Crippen LogP contribution in [0.15, 0.2) is 109 Å². The average molecular weight is 418 g/mol. The van der Waals surface area contributed by atoms with E-state index in [0.717, 1.165) is 22.3 Å². The second kappa shape index (κ2) is 6.11. The van der Waals surface area contributed by atoms with Crippen LogP contribution >= 0.6 is 0 Å². The molecule has 0 spiro atoms. The van der Waals surface area contributed by atoms with Crippen LogP contribution in [0.5, 0.6) is 11.5 Å². The highest BCUT2D eigenvalue weighted by molar-refractivity contribution is 6.25. The number of benzene rings is 8. The van der Waals surface area contributed by atoms with E-state index in [4.69, 9.17) is 4.74 Å². The second-order valence-corrected chi connectivity index (χ2v) is 8.94. The van der Waals surface area contributed by atoms with Crippen molar-refractivity contribution in [3.8, 4) is 11.5 Å². The van der Waals surface area contributed by atoms with E-state index in [1.54, 1.807) is 0 Å². The predicted octanol–water partition coefficient (Wildman–Crippen LogP) is 9.27. The van der Waals surface area contributed by atoms with Gasteiger partial charge in [0.1, 0.15) is 11.5 Å². The average Bonchev–Trinajstić information content (AvgIpc) is 2.87. The maximum Gasteiger partial charge on any atom is 0.135 e. The van der Waals surface area contributed by atoms with Crippen LogP contribution in [0.25, 0.3) is 64.6 Å². The van der Waals surface area contributed by atoms with Crippen LogP contribution in [0.1, 0.15) is 0 Å². The van der Waals surface area contributed by atoms with Gasteiger partial charge in [0.05, 0.1) is 0 Å². The molecule has 8 aromatic carbocycles. The lowest BCUT2D eigenvalue weighted by molar-refractivity contribution is 0.494. The Morgan fingerprint density at radius 3 is 1.06 bits per heavy atom. The van der Waals surface area contributed by atoms with Gasteiger partial charge in [-0.2, -0.15) is 0 Å². The summed E-state index contributed by atoms with van der Waals surface area (Å²) < 4.78 is 6.69. The third-order valence-electron chi connectivity index (χ3n) is 7.20. The van der Waals surface area contributed by atoms with Crippen LogP contribution in [-0.4, -0.2) is 0 Å². The number of hydrogen-bond donors (Lipinski definition) is 0. The fraction of sp³-hybridized carbons (Fsp3) is 0. The number of hydrogen-bond acceptors (Lipinski definition) is 1. The Bertz CT molecular complexity index is 1820. The molecule has 0 aliphatic carbocycles. The summed E-state index contributed by atoms with van der Waals surface area (Å²) in [7, 11) is 0. The molecule has 8 aromatic rings. The molecule has 33 heavy (non-hydrogen) atoms. The first-order chi connectivity index (χ1) is 16.3. The second-order valence-electron chi connectivity index (χ2n) is 8.94. The van der Waals surface area contributed by atoms with Crippen molar-refractivity contribution in [3.05, 3.63) is 109 Å². The van der Waals surface area contributed by atoms with Crippen molar-refractivity contribution in [2.75, 3.05) is 0 Å². The SMILES string of the molecule is c1cc2ccc3ccc(Oc4ccc5ccc6cccc7ccc4c5c67)c4ccc(c1)c2c34. The molecule has 0 aliphatic heterocycles. The first-order valence-electron chi connectivity index (χ1n) is 11.4. The van der Waals surface area contributed by atoms with Gasteiger partial charge in [0.15, 0.2) is 0 Å². The molecule has 0 bridgehead atoms. The van der Waals surface area contributed by atoms with E-state index in [9.17, 15) is 0 Å². The third kappa shape index (κ3) is 2.26. The smallest absolute Gasteiger partial charge is 0.135 e. The highest BCUT2D eigenvalue weighted by Crippen LogP contribution is 2.43. The molecule has 0 saturated carbocycles. The van der Waals surface area contributed by atoms with E-state index >= 15 is 0 Å². The van der Waals surface area contributed by atoms with Crippen molar-refractivity contribution in [3.63, 3.8) is 0 Å². The maximum absolute atomic E-state index is 6.69. The normalized spacial score (nSPS) is 12.2. The van der Waals surface area contributed by atoms with Gasteiger partial charge in [-0.25, -0.2) is 0 Å². The van der Waals surface area contributed by atoms with Gasteiger partial charge in [-0.05, 0) is 67.4 Å². The summed E-state index contributed by atoms with van der Waals surface area (Å²) in [6, 6.07) is 39.3. The quantitative estimate of drug-likeness (QED) is 0.254. The molecule has 0 radical (unpaired) electrons. The minimum absolute atomic E-state index is 0.899. The number of rotatable bonds is 2. The summed E-state index contributed by atoms with van der Waals surface area (Å²) in [5, 5.41) is 15.1. The van der Waals surface area contributed by atoms with Gasteiger partial charge in [0.2, 0.25) is 0 Å². The molecular weight excluding hydrogens is 400 g/mol. The van der Waals surface area contributed by atoms with Crippen LogP contribution in [0.2, 0.25) is 0 Å². The molecule has 0 unspecified atom stereocenters. The third-order valence-corrected chi connectivity index (χ3v) is 7.20. The molecule has 1 nitrogen and oxygen atoms in total. The van der Waals surface area contributed by atoms with Crippen LogP contribution in [0.3, 0.4) is 0 Å². The van der Waals surface area contributed by atoms with Crippen molar-refractivity contribution in [1.29, 1.82) is 0 Å². The molecule has 0 N–H and O–H groups in total. The van der Waals surface area contributed by atoms with E-state index in [0.29, 0.717) is 0 Å². The van der Waals surface area contributed by atoms with Crippen molar-refractivity contribution >= 4 is 64.6 Å². The minimum atomic E-state index is 0.899. The molecule has 0 fully saturated rings. The molecule has 0 saturated heterocycles. The molecule has 0 heterocycles. The molecule has 0 amide bonds. The van der Waals surface area contributed by atoms with Gasteiger partial charge in [0, 0.05) is 21.5 Å². The standard InChI is InChI=1S/C32H18O/c1-3-19-7-9-23-13-17-27(25-15-11-21(5-1)29(19)31(23)25)33-28-18-14-24-10-8-20-4-2-6-22-12-16-26(28)32(24)30(20)22/h1-18H. The molecule has 152 valence electrons. The molecule has 8 rings (SSSR count). The Kier molecular flexibility index (Phi) is 3.19. The summed E-state index contributed by atoms with van der Waals surface area (Å²) in [6.07, 6.45) is 0. The van der Waals surface area contributed by atoms with E-state index < -0.39 is 0 Å². The Morgan fingerprint density at radius 1 is 0.303 bits per heavy atom. The van der Waals surface area contributed by atoms with Crippen molar-refractivity contribution in [2.24, 2.45) is 0 Å². The molecular formula is C32H18O. The maximum atomic E-state index is 6.69. The Labute approximate surface area is 190 Å². The molecule has 0 aliphatic rings. The lowest BCUT2D eigenvalue weighted by Crippen LogP contribution is -1.91. The van der Waals surface area contributed by atoms with Crippen LogP contribution < -0.4 is 4.74 Å². The van der Waals surface area contributed by atoms with E-state index in [1.807, 2.05) is 0 Å². The fourth-order valence-electron chi connectivity index (χ4n) is 5.71. The Balaban J connectivity index is 1.41. The van der Waals surface area contributed by atoms with Crippen LogP contribution in [0.4, 0.5) is 0 Å². The topological polar surface area (TPSA) is 9.23 Å². The zero-order valence-electron chi connectivity index (χ0n) is 17.8. The van der Waals surface area contributed by atoms with Gasteiger partial charge in [-0.15, -0.1) is 0 Å². The fourth-order valence-corrected chi connectivity index (χ4v) is 5.71. The van der Waals surface area contributed by atoms with Crippen molar-refractivity contribution in [2.45, 2.75) is 0 Å². The largest absolute Gasteiger partial charge is 0.456 e.